The molecule has 1 aromatic heterocycles. The molecule has 13 heavy (non-hydrogen) atoms. The second-order valence-electron chi connectivity index (χ2n) is 3.22. The molecule has 0 radical (unpaired) electrons. The minimum absolute atomic E-state index is 0.481. The molecule has 0 aromatic carbocycles. The van der Waals surface area contributed by atoms with Gasteiger partial charge in [0.2, 0.25) is 0 Å². The summed E-state index contributed by atoms with van der Waals surface area (Å²) in [6, 6.07) is 4.34. The summed E-state index contributed by atoms with van der Waals surface area (Å²) in [4.78, 5) is 4.22. The lowest BCUT2D eigenvalue weighted by molar-refractivity contribution is 0.581. The lowest BCUT2D eigenvalue weighted by Gasteiger charge is -2.06. The zero-order valence-electron chi connectivity index (χ0n) is 8.04. The van der Waals surface area contributed by atoms with Gasteiger partial charge in [0.25, 0.3) is 0 Å². The first kappa shape index (κ1) is 9.76. The Morgan fingerprint density at radius 1 is 1.54 bits per heavy atom. The van der Waals surface area contributed by atoms with E-state index in [-0.39, 0.29) is 0 Å². The Balaban J connectivity index is 2.55. The van der Waals surface area contributed by atoms with Gasteiger partial charge in [0.15, 0.2) is 0 Å². The van der Waals surface area contributed by atoms with E-state index in [0.29, 0.717) is 6.04 Å². The van der Waals surface area contributed by atoms with Crippen LogP contribution in [0.4, 0.5) is 0 Å². The highest BCUT2D eigenvalue weighted by Crippen LogP contribution is 1.98. The number of nitrogens with zero attached hydrogens (tertiary/aromatic N) is 1. The molecule has 1 aromatic rings. The Morgan fingerprint density at radius 3 is 2.77 bits per heavy atom. The van der Waals surface area contributed by atoms with Gasteiger partial charge in [-0.05, 0) is 12.1 Å². The molecule has 0 aliphatic carbocycles. The maximum absolute atomic E-state index is 5.22. The molecular formula is C11H14N2. The quantitative estimate of drug-likeness (QED) is 0.703. The number of terminal acetylenes is 1. The predicted octanol–water partition coefficient (Wildman–Crippen LogP) is 1.56. The van der Waals surface area contributed by atoms with Crippen LogP contribution in [-0.2, 0) is 6.54 Å². The molecule has 0 aliphatic heterocycles. The van der Waals surface area contributed by atoms with Crippen LogP contribution in [0.25, 0.3) is 0 Å². The molecule has 0 fully saturated rings. The first-order chi connectivity index (χ1) is 6.22. The maximum atomic E-state index is 5.22. The third-order valence-electron chi connectivity index (χ3n) is 1.68. The number of rotatable bonds is 3. The van der Waals surface area contributed by atoms with E-state index in [1.807, 2.05) is 12.1 Å². The SMILES string of the molecule is C#Cc1ccc(CNC(C)C)nc1. The smallest absolute Gasteiger partial charge is 0.0542 e. The molecule has 1 rings (SSSR count). The Labute approximate surface area is 79.4 Å². The number of hydrogen-bond acceptors (Lipinski definition) is 2. The fourth-order valence-corrected chi connectivity index (χ4v) is 0.923. The van der Waals surface area contributed by atoms with E-state index in [1.165, 1.54) is 0 Å². The summed E-state index contributed by atoms with van der Waals surface area (Å²) in [5.41, 5.74) is 1.85. The fraction of sp³-hybridized carbons (Fsp3) is 0.364. The van der Waals surface area contributed by atoms with Crippen LogP contribution >= 0.6 is 0 Å². The van der Waals surface area contributed by atoms with Crippen molar-refractivity contribution in [3.05, 3.63) is 29.6 Å². The van der Waals surface area contributed by atoms with E-state index in [0.717, 1.165) is 17.8 Å². The van der Waals surface area contributed by atoms with Crippen LogP contribution in [0, 0.1) is 12.3 Å². The fourth-order valence-electron chi connectivity index (χ4n) is 0.923. The summed E-state index contributed by atoms with van der Waals surface area (Å²) in [7, 11) is 0. The average molecular weight is 174 g/mol. The van der Waals surface area contributed by atoms with Gasteiger partial charge in [0, 0.05) is 24.3 Å². The van der Waals surface area contributed by atoms with Gasteiger partial charge in [-0.3, -0.25) is 4.98 Å². The number of hydrogen-bond donors (Lipinski definition) is 1. The van der Waals surface area contributed by atoms with Gasteiger partial charge in [-0.15, -0.1) is 6.42 Å². The average Bonchev–Trinajstić information content (AvgIpc) is 2.15. The van der Waals surface area contributed by atoms with Crippen LogP contribution in [0.3, 0.4) is 0 Å². The largest absolute Gasteiger partial charge is 0.309 e. The van der Waals surface area contributed by atoms with E-state index in [2.05, 4.69) is 30.1 Å². The summed E-state index contributed by atoms with van der Waals surface area (Å²) in [6.07, 6.45) is 6.94. The van der Waals surface area contributed by atoms with Crippen molar-refractivity contribution in [1.29, 1.82) is 0 Å². The van der Waals surface area contributed by atoms with Crippen molar-refractivity contribution in [1.82, 2.24) is 10.3 Å². The zero-order valence-corrected chi connectivity index (χ0v) is 8.04. The van der Waals surface area contributed by atoms with Crippen LogP contribution in [0.5, 0.6) is 0 Å². The Bertz CT molecular complexity index is 293. The molecule has 68 valence electrons. The molecule has 0 unspecified atom stereocenters. The molecule has 0 spiro atoms. The van der Waals surface area contributed by atoms with Gasteiger partial charge >= 0.3 is 0 Å². The molecule has 0 amide bonds. The molecule has 0 saturated heterocycles. The highest BCUT2D eigenvalue weighted by molar-refractivity contribution is 5.29. The first-order valence-electron chi connectivity index (χ1n) is 4.37. The predicted molar refractivity (Wildman–Crippen MR) is 54.1 cm³/mol. The summed E-state index contributed by atoms with van der Waals surface area (Å²) in [5, 5.41) is 3.29. The van der Waals surface area contributed by atoms with E-state index in [1.54, 1.807) is 6.20 Å². The van der Waals surface area contributed by atoms with Crippen LogP contribution in [-0.4, -0.2) is 11.0 Å². The Kier molecular flexibility index (Phi) is 3.48. The molecule has 0 bridgehead atoms. The van der Waals surface area contributed by atoms with Crippen LogP contribution in [0.2, 0.25) is 0 Å². The maximum Gasteiger partial charge on any atom is 0.0542 e. The minimum Gasteiger partial charge on any atom is -0.309 e. The van der Waals surface area contributed by atoms with Gasteiger partial charge in [0.1, 0.15) is 0 Å². The lowest BCUT2D eigenvalue weighted by atomic mass is 10.2. The van der Waals surface area contributed by atoms with E-state index >= 15 is 0 Å². The van der Waals surface area contributed by atoms with Crippen LogP contribution < -0.4 is 5.32 Å². The van der Waals surface area contributed by atoms with Crippen molar-refractivity contribution in [2.24, 2.45) is 0 Å². The van der Waals surface area contributed by atoms with E-state index in [4.69, 9.17) is 6.42 Å². The summed E-state index contributed by atoms with van der Waals surface area (Å²) < 4.78 is 0. The second kappa shape index (κ2) is 4.64. The van der Waals surface area contributed by atoms with Gasteiger partial charge in [0.05, 0.1) is 5.69 Å². The Morgan fingerprint density at radius 2 is 2.31 bits per heavy atom. The zero-order chi connectivity index (χ0) is 9.68. The lowest BCUT2D eigenvalue weighted by Crippen LogP contribution is -2.22. The normalized spacial score (nSPS) is 10.0. The van der Waals surface area contributed by atoms with Crippen molar-refractivity contribution >= 4 is 0 Å². The second-order valence-corrected chi connectivity index (χ2v) is 3.22. The van der Waals surface area contributed by atoms with E-state index < -0.39 is 0 Å². The summed E-state index contributed by atoms with van der Waals surface area (Å²) >= 11 is 0. The van der Waals surface area contributed by atoms with Gasteiger partial charge in [-0.2, -0.15) is 0 Å². The molecule has 1 heterocycles. The van der Waals surface area contributed by atoms with Gasteiger partial charge < -0.3 is 5.32 Å². The molecule has 0 saturated carbocycles. The molecular weight excluding hydrogens is 160 g/mol. The van der Waals surface area contributed by atoms with Crippen molar-refractivity contribution in [2.75, 3.05) is 0 Å². The summed E-state index contributed by atoms with van der Waals surface area (Å²) in [6.45, 7) is 5.01. The van der Waals surface area contributed by atoms with Crippen molar-refractivity contribution in [2.45, 2.75) is 26.4 Å². The Hall–Kier alpha value is -1.33. The van der Waals surface area contributed by atoms with Crippen molar-refractivity contribution in [3.63, 3.8) is 0 Å². The molecule has 1 N–H and O–H groups in total. The first-order valence-corrected chi connectivity index (χ1v) is 4.37. The minimum atomic E-state index is 0.481. The number of aromatic nitrogens is 1. The molecule has 2 nitrogen and oxygen atoms in total. The third-order valence-corrected chi connectivity index (χ3v) is 1.68. The standard InChI is InChI=1S/C11H14N2/c1-4-10-5-6-11(13-7-10)8-12-9(2)3/h1,5-7,9,12H,8H2,2-3H3. The highest BCUT2D eigenvalue weighted by atomic mass is 14.9. The van der Waals surface area contributed by atoms with E-state index in [9.17, 15) is 0 Å². The number of nitrogens with one attached hydrogen (secondary N) is 1. The van der Waals surface area contributed by atoms with Crippen molar-refractivity contribution < 1.29 is 0 Å². The van der Waals surface area contributed by atoms with Crippen LogP contribution in [0.1, 0.15) is 25.1 Å². The van der Waals surface area contributed by atoms with Crippen molar-refractivity contribution in [3.8, 4) is 12.3 Å². The molecule has 0 aliphatic rings. The molecule has 0 atom stereocenters. The van der Waals surface area contributed by atoms with Gasteiger partial charge in [-0.25, -0.2) is 0 Å². The molecule has 2 heteroatoms. The highest BCUT2D eigenvalue weighted by Gasteiger charge is 1.95. The third kappa shape index (κ3) is 3.27. The monoisotopic (exact) mass is 174 g/mol. The van der Waals surface area contributed by atoms with Gasteiger partial charge in [-0.1, -0.05) is 19.8 Å². The van der Waals surface area contributed by atoms with Crippen LogP contribution in [0.15, 0.2) is 18.3 Å². The topological polar surface area (TPSA) is 24.9 Å². The number of pyridine rings is 1. The summed E-state index contributed by atoms with van der Waals surface area (Å²) in [5.74, 6) is 2.54.